The van der Waals surface area contributed by atoms with Crippen molar-refractivity contribution < 1.29 is 4.42 Å². The highest BCUT2D eigenvalue weighted by atomic mass is 16.4. The molecule has 1 fully saturated rings. The van der Waals surface area contributed by atoms with Crippen LogP contribution in [0.15, 0.2) is 51.9 Å². The van der Waals surface area contributed by atoms with Crippen molar-refractivity contribution in [2.24, 2.45) is 0 Å². The zero-order chi connectivity index (χ0) is 18.8. The van der Waals surface area contributed by atoms with Gasteiger partial charge < -0.3 is 4.42 Å². The number of benzene rings is 1. The van der Waals surface area contributed by atoms with Gasteiger partial charge in [-0.1, -0.05) is 6.07 Å². The minimum Gasteiger partial charge on any atom is -0.423 e. The lowest BCUT2D eigenvalue weighted by Crippen LogP contribution is -2.45. The van der Waals surface area contributed by atoms with Gasteiger partial charge in [-0.3, -0.25) is 14.8 Å². The molecule has 0 saturated carbocycles. The maximum absolute atomic E-state index is 12.0. The molecule has 27 heavy (non-hydrogen) atoms. The molecule has 0 N–H and O–H groups in total. The molecule has 4 rings (SSSR count). The fourth-order valence-corrected chi connectivity index (χ4v) is 3.71. The molecule has 2 aromatic heterocycles. The summed E-state index contributed by atoms with van der Waals surface area (Å²) in [7, 11) is 0. The van der Waals surface area contributed by atoms with Crippen LogP contribution in [0.1, 0.15) is 22.3 Å². The van der Waals surface area contributed by atoms with Gasteiger partial charge in [-0.25, -0.2) is 4.79 Å². The van der Waals surface area contributed by atoms with E-state index in [1.165, 1.54) is 11.1 Å². The molecule has 0 spiro atoms. The Morgan fingerprint density at radius 2 is 1.70 bits per heavy atom. The van der Waals surface area contributed by atoms with Gasteiger partial charge in [0.1, 0.15) is 5.58 Å². The molecule has 0 bridgehead atoms. The first-order valence-corrected chi connectivity index (χ1v) is 9.46. The molecule has 0 atom stereocenters. The van der Waals surface area contributed by atoms with E-state index in [1.807, 2.05) is 31.5 Å². The summed E-state index contributed by atoms with van der Waals surface area (Å²) >= 11 is 0. The van der Waals surface area contributed by atoms with Crippen molar-refractivity contribution in [1.29, 1.82) is 0 Å². The van der Waals surface area contributed by atoms with Gasteiger partial charge in [0.2, 0.25) is 0 Å². The Labute approximate surface area is 159 Å². The number of rotatable bonds is 4. The molecule has 1 aromatic carbocycles. The predicted molar refractivity (Wildman–Crippen MR) is 107 cm³/mol. The Morgan fingerprint density at radius 1 is 1.00 bits per heavy atom. The van der Waals surface area contributed by atoms with Gasteiger partial charge >= 0.3 is 5.63 Å². The smallest absolute Gasteiger partial charge is 0.336 e. The number of fused-ring (bicyclic) bond motifs is 1. The van der Waals surface area contributed by atoms with E-state index in [2.05, 4.69) is 33.8 Å². The summed E-state index contributed by atoms with van der Waals surface area (Å²) in [6.07, 6.45) is 3.75. The number of pyridine rings is 1. The van der Waals surface area contributed by atoms with Crippen LogP contribution in [0.4, 0.5) is 0 Å². The summed E-state index contributed by atoms with van der Waals surface area (Å²) in [5.41, 5.74) is 5.10. The van der Waals surface area contributed by atoms with E-state index in [-0.39, 0.29) is 5.63 Å². The van der Waals surface area contributed by atoms with Crippen molar-refractivity contribution in [3.8, 4) is 0 Å². The first kappa shape index (κ1) is 17.9. The van der Waals surface area contributed by atoms with Gasteiger partial charge in [-0.15, -0.1) is 0 Å². The molecule has 3 heterocycles. The molecule has 1 aliphatic rings. The topological polar surface area (TPSA) is 49.6 Å². The SMILES string of the molecule is Cc1cc2oc(=O)cc(CN3CCN(Cc4cccnc4)CC3)c2cc1C. The van der Waals surface area contributed by atoms with E-state index >= 15 is 0 Å². The third-order valence-electron chi connectivity index (χ3n) is 5.43. The Morgan fingerprint density at radius 3 is 2.41 bits per heavy atom. The maximum atomic E-state index is 12.0. The van der Waals surface area contributed by atoms with Crippen LogP contribution >= 0.6 is 0 Å². The van der Waals surface area contributed by atoms with E-state index in [1.54, 1.807) is 6.07 Å². The molecule has 0 amide bonds. The second-order valence-electron chi connectivity index (χ2n) is 7.44. The molecule has 140 valence electrons. The monoisotopic (exact) mass is 363 g/mol. The first-order chi connectivity index (χ1) is 13.1. The van der Waals surface area contributed by atoms with E-state index in [9.17, 15) is 4.79 Å². The standard InChI is InChI=1S/C22H25N3O2/c1-16-10-20-19(12-22(26)27-21(20)11-17(16)2)15-25-8-6-24(7-9-25)14-18-4-3-5-23-13-18/h3-5,10-13H,6-9,14-15H2,1-2H3. The molecule has 1 saturated heterocycles. The summed E-state index contributed by atoms with van der Waals surface area (Å²) in [6, 6.07) is 9.88. The molecular formula is C22H25N3O2. The third-order valence-corrected chi connectivity index (χ3v) is 5.43. The van der Waals surface area contributed by atoms with E-state index in [0.717, 1.165) is 55.8 Å². The Bertz CT molecular complexity index is 990. The molecule has 5 heteroatoms. The van der Waals surface area contributed by atoms with Crippen LogP contribution in [0.25, 0.3) is 11.0 Å². The van der Waals surface area contributed by atoms with Gasteiger partial charge in [0.05, 0.1) is 0 Å². The van der Waals surface area contributed by atoms with Gasteiger partial charge in [-0.05, 0) is 54.3 Å². The molecule has 0 radical (unpaired) electrons. The van der Waals surface area contributed by atoms with Crippen LogP contribution in [0, 0.1) is 13.8 Å². The normalized spacial score (nSPS) is 16.1. The lowest BCUT2D eigenvalue weighted by Gasteiger charge is -2.34. The number of piperazine rings is 1. The summed E-state index contributed by atoms with van der Waals surface area (Å²) < 4.78 is 5.42. The van der Waals surface area contributed by atoms with Crippen molar-refractivity contribution in [3.05, 3.63) is 75.4 Å². The third kappa shape index (κ3) is 4.10. The van der Waals surface area contributed by atoms with Crippen molar-refractivity contribution in [3.63, 3.8) is 0 Å². The van der Waals surface area contributed by atoms with Crippen LogP contribution in [-0.4, -0.2) is 41.0 Å². The van der Waals surface area contributed by atoms with Crippen molar-refractivity contribution >= 4 is 11.0 Å². The van der Waals surface area contributed by atoms with Crippen molar-refractivity contribution in [1.82, 2.24) is 14.8 Å². The molecule has 3 aromatic rings. The Kier molecular flexibility index (Phi) is 5.05. The summed E-state index contributed by atoms with van der Waals surface area (Å²) in [4.78, 5) is 21.1. The average molecular weight is 363 g/mol. The Balaban J connectivity index is 1.46. The molecule has 0 aliphatic carbocycles. The lowest BCUT2D eigenvalue weighted by atomic mass is 10.0. The number of hydrogen-bond acceptors (Lipinski definition) is 5. The van der Waals surface area contributed by atoms with Crippen LogP contribution < -0.4 is 5.63 Å². The average Bonchev–Trinajstić information content (AvgIpc) is 2.66. The number of nitrogens with zero attached hydrogens (tertiary/aromatic N) is 3. The van der Waals surface area contributed by atoms with Crippen LogP contribution in [0.5, 0.6) is 0 Å². The van der Waals surface area contributed by atoms with Crippen molar-refractivity contribution in [2.45, 2.75) is 26.9 Å². The molecule has 0 unspecified atom stereocenters. The zero-order valence-corrected chi connectivity index (χ0v) is 15.9. The largest absolute Gasteiger partial charge is 0.423 e. The van der Waals surface area contributed by atoms with Gasteiger partial charge in [0.25, 0.3) is 0 Å². The van der Waals surface area contributed by atoms with Crippen LogP contribution in [0.3, 0.4) is 0 Å². The Hall–Kier alpha value is -2.50. The first-order valence-electron chi connectivity index (χ1n) is 9.46. The quantitative estimate of drug-likeness (QED) is 0.667. The highest BCUT2D eigenvalue weighted by Gasteiger charge is 2.18. The zero-order valence-electron chi connectivity index (χ0n) is 15.9. The highest BCUT2D eigenvalue weighted by Crippen LogP contribution is 2.23. The summed E-state index contributed by atoms with van der Waals surface area (Å²) in [5.74, 6) is 0. The fourth-order valence-electron chi connectivity index (χ4n) is 3.71. The number of aromatic nitrogens is 1. The number of hydrogen-bond donors (Lipinski definition) is 0. The minimum atomic E-state index is -0.268. The van der Waals surface area contributed by atoms with Gasteiger partial charge in [0.15, 0.2) is 0 Å². The molecular weight excluding hydrogens is 338 g/mol. The van der Waals surface area contributed by atoms with Gasteiger partial charge in [-0.2, -0.15) is 0 Å². The highest BCUT2D eigenvalue weighted by molar-refractivity contribution is 5.81. The summed E-state index contributed by atoms with van der Waals surface area (Å²) in [6.45, 7) is 9.89. The van der Waals surface area contributed by atoms with Gasteiger partial charge in [0, 0.05) is 63.1 Å². The van der Waals surface area contributed by atoms with Crippen molar-refractivity contribution in [2.75, 3.05) is 26.2 Å². The van der Waals surface area contributed by atoms with Crippen LogP contribution in [-0.2, 0) is 13.1 Å². The summed E-state index contributed by atoms with van der Waals surface area (Å²) in [5, 5.41) is 1.05. The molecule has 5 nitrogen and oxygen atoms in total. The van der Waals surface area contributed by atoms with E-state index in [0.29, 0.717) is 5.58 Å². The predicted octanol–water partition coefficient (Wildman–Crippen LogP) is 3.12. The lowest BCUT2D eigenvalue weighted by molar-refractivity contribution is 0.122. The van der Waals surface area contributed by atoms with Crippen LogP contribution in [0.2, 0.25) is 0 Å². The van der Waals surface area contributed by atoms with E-state index < -0.39 is 0 Å². The minimum absolute atomic E-state index is 0.268. The van der Waals surface area contributed by atoms with E-state index in [4.69, 9.17) is 4.42 Å². The number of aryl methyl sites for hydroxylation is 2. The molecule has 1 aliphatic heterocycles. The maximum Gasteiger partial charge on any atom is 0.336 e. The second kappa shape index (κ2) is 7.62. The second-order valence-corrected chi connectivity index (χ2v) is 7.44. The fraction of sp³-hybridized carbons (Fsp3) is 0.364.